The van der Waals surface area contributed by atoms with E-state index in [9.17, 15) is 4.79 Å². The number of ether oxygens (including phenoxy) is 1. The fraction of sp³-hybridized carbons (Fsp3) is 0.462. The largest absolute Gasteiger partial charge is 0.483 e. The topological polar surface area (TPSA) is 26.3 Å². The second kappa shape index (κ2) is 4.96. The van der Waals surface area contributed by atoms with Crippen LogP contribution in [0.2, 0.25) is 0 Å². The molecule has 1 saturated carbocycles. The van der Waals surface area contributed by atoms with Crippen LogP contribution in [0, 0.1) is 5.92 Å². The maximum Gasteiger partial charge on any atom is 0.160 e. The second-order valence-corrected chi connectivity index (χ2v) is 4.08. The van der Waals surface area contributed by atoms with E-state index >= 15 is 0 Å². The molecular formula is C13H16O2. The Morgan fingerprint density at radius 3 is 2.47 bits per heavy atom. The van der Waals surface area contributed by atoms with Gasteiger partial charge in [0.05, 0.1) is 0 Å². The van der Waals surface area contributed by atoms with Gasteiger partial charge in [-0.15, -0.1) is 0 Å². The number of para-hydroxylation sites is 1. The molecule has 1 aliphatic rings. The van der Waals surface area contributed by atoms with E-state index in [1.807, 2.05) is 30.3 Å². The fourth-order valence-corrected chi connectivity index (χ4v) is 2.18. The van der Waals surface area contributed by atoms with E-state index in [0.717, 1.165) is 24.9 Å². The van der Waals surface area contributed by atoms with Crippen LogP contribution in [0.1, 0.15) is 25.7 Å². The molecule has 0 saturated heterocycles. The standard InChI is InChI=1S/C13H16O2/c14-10-13(11-6-4-5-7-11)15-12-8-2-1-3-9-12/h1-3,8-11,13H,4-7H2. The van der Waals surface area contributed by atoms with Crippen molar-refractivity contribution in [2.45, 2.75) is 31.8 Å². The molecule has 2 heteroatoms. The molecule has 1 unspecified atom stereocenters. The van der Waals surface area contributed by atoms with Crippen LogP contribution in [-0.4, -0.2) is 12.4 Å². The predicted molar refractivity (Wildman–Crippen MR) is 58.9 cm³/mol. The van der Waals surface area contributed by atoms with Crippen molar-refractivity contribution in [3.05, 3.63) is 30.3 Å². The van der Waals surface area contributed by atoms with E-state index in [0.29, 0.717) is 5.92 Å². The summed E-state index contributed by atoms with van der Waals surface area (Å²) in [7, 11) is 0. The highest BCUT2D eigenvalue weighted by Crippen LogP contribution is 2.29. The van der Waals surface area contributed by atoms with Crippen molar-refractivity contribution in [1.29, 1.82) is 0 Å². The summed E-state index contributed by atoms with van der Waals surface area (Å²) in [6, 6.07) is 9.58. The molecule has 0 N–H and O–H groups in total. The zero-order valence-corrected chi connectivity index (χ0v) is 8.76. The van der Waals surface area contributed by atoms with Crippen molar-refractivity contribution >= 4 is 6.29 Å². The van der Waals surface area contributed by atoms with E-state index < -0.39 is 0 Å². The summed E-state index contributed by atoms with van der Waals surface area (Å²) in [5.41, 5.74) is 0. The molecule has 1 aromatic rings. The molecule has 1 fully saturated rings. The van der Waals surface area contributed by atoms with Gasteiger partial charge < -0.3 is 4.74 Å². The Labute approximate surface area is 90.3 Å². The van der Waals surface area contributed by atoms with Gasteiger partial charge in [-0.3, -0.25) is 4.79 Å². The molecule has 0 heterocycles. The number of hydrogen-bond acceptors (Lipinski definition) is 2. The molecule has 2 nitrogen and oxygen atoms in total. The third-order valence-electron chi connectivity index (χ3n) is 3.01. The molecular weight excluding hydrogens is 188 g/mol. The highest BCUT2D eigenvalue weighted by molar-refractivity contribution is 5.57. The highest BCUT2D eigenvalue weighted by atomic mass is 16.5. The normalized spacial score (nSPS) is 18.7. The summed E-state index contributed by atoms with van der Waals surface area (Å²) in [6.07, 6.45) is 5.39. The third-order valence-corrected chi connectivity index (χ3v) is 3.01. The number of hydrogen-bond donors (Lipinski definition) is 0. The molecule has 0 spiro atoms. The molecule has 1 aromatic carbocycles. The predicted octanol–water partition coefficient (Wildman–Crippen LogP) is 2.82. The van der Waals surface area contributed by atoms with Crippen molar-refractivity contribution in [1.82, 2.24) is 0 Å². The highest BCUT2D eigenvalue weighted by Gasteiger charge is 2.25. The van der Waals surface area contributed by atoms with E-state index in [-0.39, 0.29) is 6.10 Å². The van der Waals surface area contributed by atoms with Crippen LogP contribution < -0.4 is 4.74 Å². The van der Waals surface area contributed by atoms with Gasteiger partial charge >= 0.3 is 0 Å². The third kappa shape index (κ3) is 2.58. The molecule has 2 rings (SSSR count). The van der Waals surface area contributed by atoms with Gasteiger partial charge in [-0.2, -0.15) is 0 Å². The molecule has 0 radical (unpaired) electrons. The van der Waals surface area contributed by atoms with E-state index in [1.54, 1.807) is 0 Å². The Bertz CT molecular complexity index is 302. The number of benzene rings is 1. The average molecular weight is 204 g/mol. The summed E-state index contributed by atoms with van der Waals surface area (Å²) >= 11 is 0. The first-order valence-electron chi connectivity index (χ1n) is 5.57. The quantitative estimate of drug-likeness (QED) is 0.705. The molecule has 0 amide bonds. The minimum atomic E-state index is -0.255. The summed E-state index contributed by atoms with van der Waals surface area (Å²) < 4.78 is 5.68. The van der Waals surface area contributed by atoms with Crippen molar-refractivity contribution < 1.29 is 9.53 Å². The van der Waals surface area contributed by atoms with Gasteiger partial charge in [-0.25, -0.2) is 0 Å². The van der Waals surface area contributed by atoms with Gasteiger partial charge in [0.15, 0.2) is 12.4 Å². The summed E-state index contributed by atoms with van der Waals surface area (Å²) in [4.78, 5) is 11.0. The monoisotopic (exact) mass is 204 g/mol. The average Bonchev–Trinajstić information content (AvgIpc) is 2.81. The lowest BCUT2D eigenvalue weighted by molar-refractivity contribution is -0.115. The minimum Gasteiger partial charge on any atom is -0.483 e. The summed E-state index contributed by atoms with van der Waals surface area (Å²) in [6.45, 7) is 0. The van der Waals surface area contributed by atoms with E-state index in [1.165, 1.54) is 12.8 Å². The van der Waals surface area contributed by atoms with Crippen LogP contribution in [0.3, 0.4) is 0 Å². The summed E-state index contributed by atoms with van der Waals surface area (Å²) in [5, 5.41) is 0. The van der Waals surface area contributed by atoms with Gasteiger partial charge in [0.25, 0.3) is 0 Å². The van der Waals surface area contributed by atoms with Gasteiger partial charge in [0.1, 0.15) is 5.75 Å². The Kier molecular flexibility index (Phi) is 3.38. The first-order chi connectivity index (χ1) is 7.40. The minimum absolute atomic E-state index is 0.255. The molecule has 15 heavy (non-hydrogen) atoms. The zero-order chi connectivity index (χ0) is 10.5. The molecule has 1 aliphatic carbocycles. The van der Waals surface area contributed by atoms with Crippen molar-refractivity contribution in [3.8, 4) is 5.75 Å². The smallest absolute Gasteiger partial charge is 0.160 e. The number of carbonyl (C=O) groups excluding carboxylic acids is 1. The Morgan fingerprint density at radius 1 is 1.20 bits per heavy atom. The SMILES string of the molecule is O=CC(Oc1ccccc1)C1CCCC1. The molecule has 0 bridgehead atoms. The van der Waals surface area contributed by atoms with Crippen LogP contribution in [0.15, 0.2) is 30.3 Å². The Hall–Kier alpha value is -1.31. The van der Waals surface area contributed by atoms with Crippen molar-refractivity contribution in [2.24, 2.45) is 5.92 Å². The van der Waals surface area contributed by atoms with Gasteiger partial charge in [-0.1, -0.05) is 31.0 Å². The molecule has 80 valence electrons. The van der Waals surface area contributed by atoms with Crippen molar-refractivity contribution in [3.63, 3.8) is 0 Å². The lowest BCUT2D eigenvalue weighted by Gasteiger charge is -2.19. The van der Waals surface area contributed by atoms with Crippen LogP contribution >= 0.6 is 0 Å². The Balaban J connectivity index is 1.99. The van der Waals surface area contributed by atoms with E-state index in [4.69, 9.17) is 4.74 Å². The second-order valence-electron chi connectivity index (χ2n) is 4.08. The molecule has 1 atom stereocenters. The Morgan fingerprint density at radius 2 is 1.87 bits per heavy atom. The maximum absolute atomic E-state index is 11.0. The van der Waals surface area contributed by atoms with Gasteiger partial charge in [0.2, 0.25) is 0 Å². The number of rotatable bonds is 4. The van der Waals surface area contributed by atoms with Crippen LogP contribution in [0.25, 0.3) is 0 Å². The van der Waals surface area contributed by atoms with Crippen molar-refractivity contribution in [2.75, 3.05) is 0 Å². The van der Waals surface area contributed by atoms with Gasteiger partial charge in [0, 0.05) is 5.92 Å². The maximum atomic E-state index is 11.0. The van der Waals surface area contributed by atoms with Crippen LogP contribution in [0.5, 0.6) is 5.75 Å². The van der Waals surface area contributed by atoms with Crippen LogP contribution in [-0.2, 0) is 4.79 Å². The number of carbonyl (C=O) groups is 1. The van der Waals surface area contributed by atoms with E-state index in [2.05, 4.69) is 0 Å². The molecule has 0 aromatic heterocycles. The molecule has 0 aliphatic heterocycles. The number of aldehydes is 1. The lowest BCUT2D eigenvalue weighted by atomic mass is 10.0. The fourth-order valence-electron chi connectivity index (χ4n) is 2.18. The first kappa shape index (κ1) is 10.2. The van der Waals surface area contributed by atoms with Crippen LogP contribution in [0.4, 0.5) is 0 Å². The first-order valence-corrected chi connectivity index (χ1v) is 5.57. The summed E-state index contributed by atoms with van der Waals surface area (Å²) in [5.74, 6) is 1.21. The lowest BCUT2D eigenvalue weighted by Crippen LogP contribution is -2.26. The zero-order valence-electron chi connectivity index (χ0n) is 8.76. The van der Waals surface area contributed by atoms with Gasteiger partial charge in [-0.05, 0) is 25.0 Å².